The highest BCUT2D eigenvalue weighted by Crippen LogP contribution is 2.24. The van der Waals surface area contributed by atoms with E-state index in [-0.39, 0.29) is 11.9 Å². The molecule has 0 saturated heterocycles. The van der Waals surface area contributed by atoms with E-state index in [9.17, 15) is 9.59 Å². The number of ether oxygens (including phenoxy) is 2. The van der Waals surface area contributed by atoms with Crippen molar-refractivity contribution in [1.29, 1.82) is 0 Å². The first-order valence-corrected chi connectivity index (χ1v) is 7.83. The molecular weight excluding hydrogens is 282 g/mol. The molecule has 0 radical (unpaired) electrons. The highest BCUT2D eigenvalue weighted by molar-refractivity contribution is 5.89. The second-order valence-electron chi connectivity index (χ2n) is 5.52. The summed E-state index contributed by atoms with van der Waals surface area (Å²) in [5, 5.41) is 2.65. The Kier molecular flexibility index (Phi) is 6.25. The van der Waals surface area contributed by atoms with Crippen LogP contribution in [-0.4, -0.2) is 31.1 Å². The van der Waals surface area contributed by atoms with Gasteiger partial charge >= 0.3 is 5.97 Å². The van der Waals surface area contributed by atoms with Gasteiger partial charge in [-0.15, -0.1) is 0 Å². The van der Waals surface area contributed by atoms with Gasteiger partial charge in [0.2, 0.25) is 5.91 Å². The molecule has 1 amide bonds. The summed E-state index contributed by atoms with van der Waals surface area (Å²) in [5.74, 6) is 0.369. The molecule has 0 aromatic heterocycles. The first kappa shape index (κ1) is 16.3. The summed E-state index contributed by atoms with van der Waals surface area (Å²) in [6, 6.07) is 7.07. The summed E-state index contributed by atoms with van der Waals surface area (Å²) in [4.78, 5) is 22.5. The third kappa shape index (κ3) is 5.39. The topological polar surface area (TPSA) is 64.6 Å². The molecule has 120 valence electrons. The fourth-order valence-corrected chi connectivity index (χ4v) is 2.45. The Labute approximate surface area is 131 Å². The first-order chi connectivity index (χ1) is 10.6. The van der Waals surface area contributed by atoms with Gasteiger partial charge < -0.3 is 14.8 Å². The van der Waals surface area contributed by atoms with Crippen LogP contribution in [0.2, 0.25) is 0 Å². The van der Waals surface area contributed by atoms with Crippen molar-refractivity contribution in [2.75, 3.05) is 13.2 Å². The molecule has 2 rings (SSSR count). The van der Waals surface area contributed by atoms with Crippen molar-refractivity contribution < 1.29 is 19.1 Å². The van der Waals surface area contributed by atoms with Gasteiger partial charge in [0, 0.05) is 13.5 Å². The lowest BCUT2D eigenvalue weighted by Crippen LogP contribution is -2.22. The molecule has 1 N–H and O–H groups in total. The second kappa shape index (κ2) is 8.41. The summed E-state index contributed by atoms with van der Waals surface area (Å²) in [6.07, 6.45) is 5.59. The molecule has 22 heavy (non-hydrogen) atoms. The predicted molar refractivity (Wildman–Crippen MR) is 82.9 cm³/mol. The maximum atomic E-state index is 11.8. The van der Waals surface area contributed by atoms with Crippen LogP contribution in [0.5, 0.6) is 5.75 Å². The maximum absolute atomic E-state index is 11.8. The Morgan fingerprint density at radius 3 is 2.50 bits per heavy atom. The molecule has 0 heterocycles. The highest BCUT2D eigenvalue weighted by Gasteiger charge is 2.16. The van der Waals surface area contributed by atoms with E-state index >= 15 is 0 Å². The molecule has 0 atom stereocenters. The van der Waals surface area contributed by atoms with E-state index in [1.807, 2.05) is 12.1 Å². The maximum Gasteiger partial charge on any atom is 0.338 e. The molecule has 5 nitrogen and oxygen atoms in total. The quantitative estimate of drug-likeness (QED) is 0.621. The molecule has 0 unspecified atom stereocenters. The molecule has 0 aliphatic heterocycles. The molecule has 1 aliphatic carbocycles. The van der Waals surface area contributed by atoms with Crippen LogP contribution in [0.15, 0.2) is 24.3 Å². The minimum Gasteiger partial charge on any atom is -0.490 e. The molecule has 1 fully saturated rings. The molecule has 0 bridgehead atoms. The number of hydrogen-bond acceptors (Lipinski definition) is 4. The number of nitrogens with one attached hydrogen (secondary N) is 1. The number of hydrogen-bond donors (Lipinski definition) is 1. The number of amides is 1. The largest absolute Gasteiger partial charge is 0.490 e. The van der Waals surface area contributed by atoms with Gasteiger partial charge in [0.05, 0.1) is 18.3 Å². The lowest BCUT2D eigenvalue weighted by atomic mass is 10.2. The number of benzene rings is 1. The van der Waals surface area contributed by atoms with Crippen molar-refractivity contribution in [1.82, 2.24) is 5.32 Å². The lowest BCUT2D eigenvalue weighted by Gasteiger charge is -2.13. The van der Waals surface area contributed by atoms with Crippen LogP contribution in [-0.2, 0) is 9.53 Å². The average molecular weight is 305 g/mol. The van der Waals surface area contributed by atoms with Crippen molar-refractivity contribution in [2.24, 2.45) is 0 Å². The number of rotatable bonds is 7. The molecular formula is C17H23NO4. The Balaban J connectivity index is 1.72. The standard InChI is InChI=1S/C17H23NO4/c1-13(19)18-11-4-12-21-17(20)14-7-9-16(10-8-14)22-15-5-2-3-6-15/h7-10,15H,2-6,11-12H2,1H3,(H,18,19). The fraction of sp³-hybridized carbons (Fsp3) is 0.529. The van der Waals surface area contributed by atoms with Crippen LogP contribution < -0.4 is 10.1 Å². The van der Waals surface area contributed by atoms with Crippen LogP contribution in [0.25, 0.3) is 0 Å². The number of carbonyl (C=O) groups excluding carboxylic acids is 2. The SMILES string of the molecule is CC(=O)NCCCOC(=O)c1ccc(OC2CCCC2)cc1. The predicted octanol–water partition coefficient (Wildman–Crippen LogP) is 2.69. The zero-order chi connectivity index (χ0) is 15.8. The normalized spacial score (nSPS) is 14.6. The van der Waals surface area contributed by atoms with Crippen molar-refractivity contribution in [2.45, 2.75) is 45.1 Å². The third-order valence-electron chi connectivity index (χ3n) is 3.62. The van der Waals surface area contributed by atoms with E-state index in [4.69, 9.17) is 9.47 Å². The first-order valence-electron chi connectivity index (χ1n) is 7.83. The van der Waals surface area contributed by atoms with Crippen LogP contribution in [0.4, 0.5) is 0 Å². The van der Waals surface area contributed by atoms with Gasteiger partial charge in [-0.25, -0.2) is 4.79 Å². The minimum absolute atomic E-state index is 0.0795. The lowest BCUT2D eigenvalue weighted by molar-refractivity contribution is -0.118. The zero-order valence-electron chi connectivity index (χ0n) is 13.0. The summed E-state index contributed by atoms with van der Waals surface area (Å²) in [5.41, 5.74) is 0.512. The van der Waals surface area contributed by atoms with Gasteiger partial charge in [-0.1, -0.05) is 0 Å². The van der Waals surface area contributed by atoms with E-state index in [2.05, 4.69) is 5.32 Å². The molecule has 1 saturated carbocycles. The molecule has 1 aliphatic rings. The Morgan fingerprint density at radius 1 is 1.18 bits per heavy atom. The Morgan fingerprint density at radius 2 is 1.86 bits per heavy atom. The Hall–Kier alpha value is -2.04. The zero-order valence-corrected chi connectivity index (χ0v) is 13.0. The summed E-state index contributed by atoms with van der Waals surface area (Å²) >= 11 is 0. The highest BCUT2D eigenvalue weighted by atomic mass is 16.5. The van der Waals surface area contributed by atoms with Crippen LogP contribution >= 0.6 is 0 Å². The van der Waals surface area contributed by atoms with E-state index < -0.39 is 0 Å². The molecule has 1 aromatic carbocycles. The smallest absolute Gasteiger partial charge is 0.338 e. The van der Waals surface area contributed by atoms with Crippen molar-refractivity contribution in [3.63, 3.8) is 0 Å². The Bertz CT molecular complexity index is 492. The van der Waals surface area contributed by atoms with Crippen molar-refractivity contribution >= 4 is 11.9 Å². The molecule has 5 heteroatoms. The van der Waals surface area contributed by atoms with E-state index in [1.165, 1.54) is 19.8 Å². The van der Waals surface area contributed by atoms with E-state index in [1.54, 1.807) is 12.1 Å². The van der Waals surface area contributed by atoms with E-state index in [0.29, 0.717) is 31.2 Å². The van der Waals surface area contributed by atoms with Crippen LogP contribution in [0.3, 0.4) is 0 Å². The van der Waals surface area contributed by atoms with Gasteiger partial charge in [0.1, 0.15) is 5.75 Å². The number of esters is 1. The van der Waals surface area contributed by atoms with Gasteiger partial charge in [-0.05, 0) is 56.4 Å². The van der Waals surface area contributed by atoms with Crippen molar-refractivity contribution in [3.8, 4) is 5.75 Å². The monoisotopic (exact) mass is 305 g/mol. The van der Waals surface area contributed by atoms with E-state index in [0.717, 1.165) is 18.6 Å². The minimum atomic E-state index is -0.352. The van der Waals surface area contributed by atoms with Gasteiger partial charge in [0.25, 0.3) is 0 Å². The summed E-state index contributed by atoms with van der Waals surface area (Å²) in [7, 11) is 0. The van der Waals surface area contributed by atoms with Gasteiger partial charge in [-0.3, -0.25) is 4.79 Å². The van der Waals surface area contributed by atoms with Crippen LogP contribution in [0.1, 0.15) is 49.4 Å². The molecule has 0 spiro atoms. The summed E-state index contributed by atoms with van der Waals surface area (Å²) < 4.78 is 11.0. The van der Waals surface area contributed by atoms with Gasteiger partial charge in [0.15, 0.2) is 0 Å². The number of carbonyl (C=O) groups is 2. The average Bonchev–Trinajstić information content (AvgIpc) is 3.00. The van der Waals surface area contributed by atoms with Crippen molar-refractivity contribution in [3.05, 3.63) is 29.8 Å². The van der Waals surface area contributed by atoms with Crippen LogP contribution in [0, 0.1) is 0 Å². The summed E-state index contributed by atoms with van der Waals surface area (Å²) in [6.45, 7) is 2.26. The van der Waals surface area contributed by atoms with Gasteiger partial charge in [-0.2, -0.15) is 0 Å². The third-order valence-corrected chi connectivity index (χ3v) is 3.62. The molecule has 1 aromatic rings. The fourth-order valence-electron chi connectivity index (χ4n) is 2.45. The second-order valence-corrected chi connectivity index (χ2v) is 5.52.